The van der Waals surface area contributed by atoms with Crippen LogP contribution in [-0.2, 0) is 9.59 Å². The molecule has 1 saturated carbocycles. The van der Waals surface area contributed by atoms with Crippen LogP contribution in [-0.4, -0.2) is 40.0 Å². The lowest BCUT2D eigenvalue weighted by Crippen LogP contribution is -2.60. The van der Waals surface area contributed by atoms with Crippen LogP contribution in [0.3, 0.4) is 0 Å². The minimum atomic E-state index is -0.817. The molecule has 5 heteroatoms. The van der Waals surface area contributed by atoms with Crippen molar-refractivity contribution < 1.29 is 14.7 Å². The highest BCUT2D eigenvalue weighted by atomic mass is 16.4. The van der Waals surface area contributed by atoms with E-state index >= 15 is 0 Å². The second-order valence-corrected chi connectivity index (χ2v) is 4.98. The Kier molecular flexibility index (Phi) is 2.66. The van der Waals surface area contributed by atoms with Crippen LogP contribution in [0, 0.1) is 5.92 Å². The van der Waals surface area contributed by atoms with E-state index in [2.05, 4.69) is 0 Å². The molecule has 0 aromatic heterocycles. The number of likely N-dealkylation sites (tertiary alicyclic amines) is 1. The Morgan fingerprint density at radius 1 is 1.44 bits per heavy atom. The van der Waals surface area contributed by atoms with Gasteiger partial charge >= 0.3 is 5.97 Å². The SMILES string of the molecule is CC1C(C(=O)O)CCN1C(=O)C1(N)CCC1. The molecule has 2 atom stereocenters. The number of carbonyl (C=O) groups is 2. The molecule has 1 amide bonds. The van der Waals surface area contributed by atoms with Crippen molar-refractivity contribution in [3.63, 3.8) is 0 Å². The van der Waals surface area contributed by atoms with Crippen molar-refractivity contribution in [2.45, 2.75) is 44.2 Å². The molecule has 1 aliphatic heterocycles. The lowest BCUT2D eigenvalue weighted by molar-refractivity contribution is -0.145. The van der Waals surface area contributed by atoms with E-state index in [1.54, 1.807) is 11.8 Å². The molecule has 2 rings (SSSR count). The van der Waals surface area contributed by atoms with Gasteiger partial charge in [-0.1, -0.05) is 0 Å². The largest absolute Gasteiger partial charge is 0.481 e. The maximum Gasteiger partial charge on any atom is 0.308 e. The number of aliphatic carboxylic acids is 1. The van der Waals surface area contributed by atoms with Gasteiger partial charge in [-0.05, 0) is 32.6 Å². The molecule has 2 aliphatic rings. The summed E-state index contributed by atoms with van der Waals surface area (Å²) in [4.78, 5) is 24.7. The average Bonchev–Trinajstić information content (AvgIpc) is 2.55. The van der Waals surface area contributed by atoms with Crippen LogP contribution in [0.1, 0.15) is 32.6 Å². The summed E-state index contributed by atoms with van der Waals surface area (Å²) in [6, 6.07) is -0.231. The predicted molar refractivity (Wildman–Crippen MR) is 57.7 cm³/mol. The monoisotopic (exact) mass is 226 g/mol. The average molecular weight is 226 g/mol. The fourth-order valence-corrected chi connectivity index (χ4v) is 2.61. The minimum Gasteiger partial charge on any atom is -0.481 e. The molecule has 1 aliphatic carbocycles. The lowest BCUT2D eigenvalue weighted by Gasteiger charge is -2.40. The van der Waals surface area contributed by atoms with E-state index in [9.17, 15) is 9.59 Å². The third kappa shape index (κ3) is 1.59. The van der Waals surface area contributed by atoms with Crippen LogP contribution in [0.15, 0.2) is 0 Å². The first-order chi connectivity index (χ1) is 7.46. The van der Waals surface area contributed by atoms with Gasteiger partial charge in [0.1, 0.15) is 0 Å². The Bertz CT molecular complexity index is 325. The number of nitrogens with two attached hydrogens (primary N) is 1. The number of hydrogen-bond acceptors (Lipinski definition) is 3. The Morgan fingerprint density at radius 2 is 2.06 bits per heavy atom. The zero-order valence-corrected chi connectivity index (χ0v) is 9.48. The maximum atomic E-state index is 12.1. The number of rotatable bonds is 2. The number of hydrogen-bond donors (Lipinski definition) is 2. The smallest absolute Gasteiger partial charge is 0.308 e. The summed E-state index contributed by atoms with van der Waals surface area (Å²) in [7, 11) is 0. The minimum absolute atomic E-state index is 0.0602. The van der Waals surface area contributed by atoms with Gasteiger partial charge < -0.3 is 15.7 Å². The summed E-state index contributed by atoms with van der Waals surface area (Å²) in [5.41, 5.74) is 5.26. The molecule has 1 heterocycles. The van der Waals surface area contributed by atoms with Crippen molar-refractivity contribution in [3.05, 3.63) is 0 Å². The van der Waals surface area contributed by atoms with E-state index in [4.69, 9.17) is 10.8 Å². The molecule has 0 radical (unpaired) electrons. The highest BCUT2D eigenvalue weighted by Gasteiger charge is 2.47. The lowest BCUT2D eigenvalue weighted by atomic mass is 9.76. The fourth-order valence-electron chi connectivity index (χ4n) is 2.61. The highest BCUT2D eigenvalue weighted by molar-refractivity contribution is 5.88. The van der Waals surface area contributed by atoms with E-state index in [0.29, 0.717) is 13.0 Å². The zero-order chi connectivity index (χ0) is 11.9. The van der Waals surface area contributed by atoms with E-state index in [-0.39, 0.29) is 11.9 Å². The van der Waals surface area contributed by atoms with Gasteiger partial charge in [0.25, 0.3) is 0 Å². The maximum absolute atomic E-state index is 12.1. The first-order valence-corrected chi connectivity index (χ1v) is 5.78. The summed E-state index contributed by atoms with van der Waals surface area (Å²) in [6.45, 7) is 2.32. The normalized spacial score (nSPS) is 32.2. The number of carbonyl (C=O) groups excluding carboxylic acids is 1. The van der Waals surface area contributed by atoms with Gasteiger partial charge in [0.2, 0.25) is 5.91 Å². The third-order valence-corrected chi connectivity index (χ3v) is 4.00. The van der Waals surface area contributed by atoms with Crippen molar-refractivity contribution in [1.82, 2.24) is 4.90 Å². The topological polar surface area (TPSA) is 83.6 Å². The van der Waals surface area contributed by atoms with E-state index in [1.165, 1.54) is 0 Å². The summed E-state index contributed by atoms with van der Waals surface area (Å²) < 4.78 is 0. The first-order valence-electron chi connectivity index (χ1n) is 5.78. The third-order valence-electron chi connectivity index (χ3n) is 4.00. The van der Waals surface area contributed by atoms with E-state index in [0.717, 1.165) is 19.3 Å². The molecule has 5 nitrogen and oxygen atoms in total. The van der Waals surface area contributed by atoms with Gasteiger partial charge in [-0.25, -0.2) is 0 Å². The van der Waals surface area contributed by atoms with Crippen LogP contribution in [0.25, 0.3) is 0 Å². The standard InChI is InChI=1S/C11H18N2O3/c1-7-8(9(14)15)3-6-13(7)10(16)11(12)4-2-5-11/h7-8H,2-6,12H2,1H3,(H,14,15). The van der Waals surface area contributed by atoms with Crippen LogP contribution in [0.2, 0.25) is 0 Å². The van der Waals surface area contributed by atoms with Crippen molar-refractivity contribution in [2.75, 3.05) is 6.54 Å². The summed E-state index contributed by atoms with van der Waals surface area (Å²) in [5, 5.41) is 8.99. The number of carboxylic acids is 1. The van der Waals surface area contributed by atoms with Gasteiger partial charge in [-0.3, -0.25) is 9.59 Å². The van der Waals surface area contributed by atoms with E-state index in [1.807, 2.05) is 0 Å². The molecule has 1 saturated heterocycles. The Labute approximate surface area is 94.6 Å². The Balaban J connectivity index is 2.06. The molecular weight excluding hydrogens is 208 g/mol. The quantitative estimate of drug-likeness (QED) is 0.704. The predicted octanol–water partition coefficient (Wildman–Crippen LogP) is 0.189. The molecule has 16 heavy (non-hydrogen) atoms. The van der Waals surface area contributed by atoms with Crippen molar-refractivity contribution in [1.29, 1.82) is 0 Å². The summed E-state index contributed by atoms with van der Waals surface area (Å²) >= 11 is 0. The van der Waals surface area contributed by atoms with Crippen molar-refractivity contribution in [2.24, 2.45) is 11.7 Å². The van der Waals surface area contributed by atoms with Gasteiger partial charge in [-0.15, -0.1) is 0 Å². The van der Waals surface area contributed by atoms with E-state index < -0.39 is 17.4 Å². The number of nitrogens with zero attached hydrogens (tertiary/aromatic N) is 1. The van der Waals surface area contributed by atoms with Crippen LogP contribution in [0.5, 0.6) is 0 Å². The second-order valence-electron chi connectivity index (χ2n) is 4.98. The van der Waals surface area contributed by atoms with Crippen LogP contribution < -0.4 is 5.73 Å². The molecule has 90 valence electrons. The number of carboxylic acid groups (broad SMARTS) is 1. The van der Waals surface area contributed by atoms with Gasteiger partial charge in [0, 0.05) is 12.6 Å². The van der Waals surface area contributed by atoms with Gasteiger partial charge in [0.15, 0.2) is 0 Å². The van der Waals surface area contributed by atoms with Gasteiger partial charge in [-0.2, -0.15) is 0 Å². The number of amides is 1. The molecule has 0 aromatic carbocycles. The first kappa shape index (κ1) is 11.4. The molecule has 2 unspecified atom stereocenters. The highest BCUT2D eigenvalue weighted by Crippen LogP contribution is 2.34. The fraction of sp³-hybridized carbons (Fsp3) is 0.818. The van der Waals surface area contributed by atoms with Crippen molar-refractivity contribution in [3.8, 4) is 0 Å². The Hall–Kier alpha value is -1.10. The summed E-state index contributed by atoms with van der Waals surface area (Å²) in [5.74, 6) is -1.31. The molecule has 0 spiro atoms. The molecule has 2 fully saturated rings. The molecule has 0 aromatic rings. The van der Waals surface area contributed by atoms with Gasteiger partial charge in [0.05, 0.1) is 11.5 Å². The van der Waals surface area contributed by atoms with Crippen LogP contribution >= 0.6 is 0 Å². The van der Waals surface area contributed by atoms with Crippen molar-refractivity contribution >= 4 is 11.9 Å². The molecule has 3 N–H and O–H groups in total. The zero-order valence-electron chi connectivity index (χ0n) is 9.48. The molecule has 0 bridgehead atoms. The summed E-state index contributed by atoms with van der Waals surface area (Å²) in [6.07, 6.45) is 2.99. The van der Waals surface area contributed by atoms with Crippen LogP contribution in [0.4, 0.5) is 0 Å². The Morgan fingerprint density at radius 3 is 2.44 bits per heavy atom. The second kappa shape index (κ2) is 3.73. The molecular formula is C11H18N2O3.